The Bertz CT molecular complexity index is 1180. The molecule has 32 heavy (non-hydrogen) atoms. The summed E-state index contributed by atoms with van der Waals surface area (Å²) >= 11 is 0. The van der Waals surface area contributed by atoms with Gasteiger partial charge in [0.2, 0.25) is 0 Å². The molecular formula is C27H25NO4. The van der Waals surface area contributed by atoms with Crippen LogP contribution in [0.25, 0.3) is 5.76 Å². The molecule has 3 aromatic carbocycles. The van der Waals surface area contributed by atoms with Gasteiger partial charge in [-0.15, -0.1) is 0 Å². The van der Waals surface area contributed by atoms with Gasteiger partial charge in [-0.3, -0.25) is 14.5 Å². The average Bonchev–Trinajstić information content (AvgIpc) is 3.08. The van der Waals surface area contributed by atoms with Gasteiger partial charge in [-0.05, 0) is 43.2 Å². The molecule has 1 amide bonds. The van der Waals surface area contributed by atoms with E-state index in [-0.39, 0.29) is 11.3 Å². The highest BCUT2D eigenvalue weighted by molar-refractivity contribution is 6.51. The lowest BCUT2D eigenvalue weighted by atomic mass is 9.94. The number of hydrogen-bond acceptors (Lipinski definition) is 4. The molecule has 1 fully saturated rings. The van der Waals surface area contributed by atoms with Gasteiger partial charge in [-0.25, -0.2) is 0 Å². The van der Waals surface area contributed by atoms with Crippen molar-refractivity contribution in [2.75, 3.05) is 11.5 Å². The molecule has 5 heteroatoms. The molecule has 0 bridgehead atoms. The fourth-order valence-electron chi connectivity index (χ4n) is 3.95. The molecule has 5 nitrogen and oxygen atoms in total. The van der Waals surface area contributed by atoms with E-state index in [1.54, 1.807) is 36.4 Å². The molecule has 1 unspecified atom stereocenters. The molecule has 1 aliphatic heterocycles. The van der Waals surface area contributed by atoms with Crippen molar-refractivity contribution >= 4 is 23.1 Å². The number of para-hydroxylation sites is 1. The summed E-state index contributed by atoms with van der Waals surface area (Å²) in [5.74, 6) is -0.990. The number of anilines is 1. The number of Topliss-reactive ketones (excluding diaryl/α,β-unsaturated/α-hetero) is 1. The minimum absolute atomic E-state index is 0.0668. The number of hydrogen-bond donors (Lipinski definition) is 1. The number of benzene rings is 3. The molecule has 0 spiro atoms. The summed E-state index contributed by atoms with van der Waals surface area (Å²) in [6, 6.07) is 22.9. The van der Waals surface area contributed by atoms with Crippen molar-refractivity contribution in [3.8, 4) is 5.75 Å². The summed E-state index contributed by atoms with van der Waals surface area (Å²) in [6.07, 6.45) is 0.853. The normalized spacial score (nSPS) is 17.6. The molecule has 1 saturated heterocycles. The topological polar surface area (TPSA) is 66.8 Å². The van der Waals surface area contributed by atoms with E-state index in [1.807, 2.05) is 56.3 Å². The van der Waals surface area contributed by atoms with Crippen LogP contribution in [0.15, 0.2) is 84.4 Å². The summed E-state index contributed by atoms with van der Waals surface area (Å²) in [4.78, 5) is 27.8. The summed E-state index contributed by atoms with van der Waals surface area (Å²) in [5.41, 5.74) is 2.85. The third-order valence-electron chi connectivity index (χ3n) is 5.42. The number of aliphatic hydroxyl groups is 1. The molecule has 0 aliphatic carbocycles. The molecule has 1 N–H and O–H groups in total. The Morgan fingerprint density at radius 2 is 1.72 bits per heavy atom. The Labute approximate surface area is 187 Å². The number of aryl methyl sites for hydroxylation is 1. The van der Waals surface area contributed by atoms with Gasteiger partial charge in [-0.1, -0.05) is 67.1 Å². The van der Waals surface area contributed by atoms with E-state index >= 15 is 0 Å². The lowest BCUT2D eigenvalue weighted by molar-refractivity contribution is -0.132. The zero-order valence-electron chi connectivity index (χ0n) is 18.1. The van der Waals surface area contributed by atoms with Crippen LogP contribution < -0.4 is 9.64 Å². The first kappa shape index (κ1) is 21.4. The second kappa shape index (κ2) is 9.10. The molecular weight excluding hydrogens is 402 g/mol. The third-order valence-corrected chi connectivity index (χ3v) is 5.42. The molecule has 162 valence electrons. The minimum atomic E-state index is -0.738. The number of ketones is 1. The van der Waals surface area contributed by atoms with Crippen molar-refractivity contribution in [3.63, 3.8) is 0 Å². The van der Waals surface area contributed by atoms with Gasteiger partial charge in [0.1, 0.15) is 11.5 Å². The Kier molecular flexibility index (Phi) is 6.08. The first-order valence-corrected chi connectivity index (χ1v) is 10.7. The number of carbonyl (C=O) groups excluding carboxylic acids is 2. The predicted molar refractivity (Wildman–Crippen MR) is 125 cm³/mol. The summed E-state index contributed by atoms with van der Waals surface area (Å²) in [7, 11) is 0. The van der Waals surface area contributed by atoms with E-state index in [4.69, 9.17) is 4.74 Å². The van der Waals surface area contributed by atoms with Crippen LogP contribution in [-0.4, -0.2) is 23.4 Å². The Hall–Kier alpha value is -3.86. The van der Waals surface area contributed by atoms with Gasteiger partial charge >= 0.3 is 0 Å². The Morgan fingerprint density at radius 1 is 0.969 bits per heavy atom. The third kappa shape index (κ3) is 4.02. The number of amides is 1. The number of ether oxygens (including phenoxy) is 1. The summed E-state index contributed by atoms with van der Waals surface area (Å²) in [6.45, 7) is 4.51. The lowest BCUT2D eigenvalue weighted by Gasteiger charge is -2.25. The van der Waals surface area contributed by atoms with Gasteiger partial charge in [0.05, 0.1) is 18.2 Å². The van der Waals surface area contributed by atoms with Crippen LogP contribution in [0.5, 0.6) is 5.75 Å². The van der Waals surface area contributed by atoms with E-state index in [0.29, 0.717) is 23.6 Å². The Morgan fingerprint density at radius 3 is 2.44 bits per heavy atom. The van der Waals surface area contributed by atoms with Crippen LogP contribution in [0.2, 0.25) is 0 Å². The van der Waals surface area contributed by atoms with E-state index in [2.05, 4.69) is 0 Å². The lowest BCUT2D eigenvalue weighted by Crippen LogP contribution is -2.29. The fraction of sp³-hybridized carbons (Fsp3) is 0.185. The van der Waals surface area contributed by atoms with Gasteiger partial charge in [-0.2, -0.15) is 0 Å². The molecule has 1 atom stereocenters. The van der Waals surface area contributed by atoms with Crippen LogP contribution in [0.3, 0.4) is 0 Å². The van der Waals surface area contributed by atoms with Crippen LogP contribution in [0.4, 0.5) is 5.69 Å². The van der Waals surface area contributed by atoms with Crippen molar-refractivity contribution in [3.05, 3.63) is 101 Å². The molecule has 4 rings (SSSR count). The van der Waals surface area contributed by atoms with Crippen LogP contribution >= 0.6 is 0 Å². The number of rotatable bonds is 6. The summed E-state index contributed by atoms with van der Waals surface area (Å²) < 4.78 is 5.68. The number of nitrogens with zero attached hydrogens (tertiary/aromatic N) is 1. The van der Waals surface area contributed by atoms with Crippen molar-refractivity contribution in [1.29, 1.82) is 0 Å². The van der Waals surface area contributed by atoms with Gasteiger partial charge in [0.15, 0.2) is 0 Å². The molecule has 3 aromatic rings. The first-order valence-electron chi connectivity index (χ1n) is 10.7. The molecule has 1 aliphatic rings. The molecule has 1 heterocycles. The second-order valence-electron chi connectivity index (χ2n) is 7.80. The smallest absolute Gasteiger partial charge is 0.300 e. The molecule has 0 saturated carbocycles. The van der Waals surface area contributed by atoms with Crippen molar-refractivity contribution in [1.82, 2.24) is 0 Å². The van der Waals surface area contributed by atoms with E-state index < -0.39 is 17.7 Å². The van der Waals surface area contributed by atoms with E-state index in [9.17, 15) is 14.7 Å². The SMILES string of the molecule is CCCOc1cccc(/C(O)=C2/C(=O)C(=O)N(c3ccccc3)C2c2cccc(C)c2)c1. The quantitative estimate of drug-likeness (QED) is 0.324. The van der Waals surface area contributed by atoms with Gasteiger partial charge in [0, 0.05) is 11.3 Å². The maximum Gasteiger partial charge on any atom is 0.300 e. The molecule has 0 radical (unpaired) electrons. The average molecular weight is 428 g/mol. The molecule has 0 aromatic heterocycles. The zero-order chi connectivity index (χ0) is 22.7. The van der Waals surface area contributed by atoms with Crippen LogP contribution in [-0.2, 0) is 9.59 Å². The minimum Gasteiger partial charge on any atom is -0.507 e. The van der Waals surface area contributed by atoms with Crippen LogP contribution in [0.1, 0.15) is 36.1 Å². The van der Waals surface area contributed by atoms with Gasteiger partial charge < -0.3 is 9.84 Å². The number of aliphatic hydroxyl groups excluding tert-OH is 1. The standard InChI is InChI=1S/C27H25NO4/c1-3-15-32-22-14-8-11-20(17-22)25(29)23-24(19-10-7-9-18(2)16-19)28(27(31)26(23)30)21-12-5-4-6-13-21/h4-14,16-17,24,29H,3,15H2,1-2H3/b25-23-. The largest absolute Gasteiger partial charge is 0.507 e. The van der Waals surface area contributed by atoms with E-state index in [0.717, 1.165) is 17.5 Å². The van der Waals surface area contributed by atoms with E-state index in [1.165, 1.54) is 4.90 Å². The zero-order valence-corrected chi connectivity index (χ0v) is 18.1. The maximum absolute atomic E-state index is 13.2. The monoisotopic (exact) mass is 427 g/mol. The highest BCUT2D eigenvalue weighted by atomic mass is 16.5. The Balaban J connectivity index is 1.89. The first-order chi connectivity index (χ1) is 15.5. The number of carbonyl (C=O) groups is 2. The second-order valence-corrected chi connectivity index (χ2v) is 7.80. The highest BCUT2D eigenvalue weighted by Gasteiger charge is 2.46. The van der Waals surface area contributed by atoms with Crippen LogP contribution in [0, 0.1) is 6.92 Å². The fourth-order valence-corrected chi connectivity index (χ4v) is 3.95. The predicted octanol–water partition coefficient (Wildman–Crippen LogP) is 5.41. The summed E-state index contributed by atoms with van der Waals surface area (Å²) in [5, 5.41) is 11.2. The highest BCUT2D eigenvalue weighted by Crippen LogP contribution is 2.42. The van der Waals surface area contributed by atoms with Gasteiger partial charge in [0.25, 0.3) is 11.7 Å². The maximum atomic E-state index is 13.2. The van der Waals surface area contributed by atoms with Crippen molar-refractivity contribution in [2.45, 2.75) is 26.3 Å². The van der Waals surface area contributed by atoms with Crippen molar-refractivity contribution < 1.29 is 19.4 Å². The van der Waals surface area contributed by atoms with Crippen molar-refractivity contribution in [2.24, 2.45) is 0 Å².